The van der Waals surface area contributed by atoms with Crippen LogP contribution >= 0.6 is 23.9 Å². The molecule has 12 heteroatoms. The molecular formula is C28H22F3N5O2S2. The SMILES string of the molecule is CSc1cccc(C)c1NC(=O)NS/N=C/c1ccc2c(ccc3c2ncn3-c2ccc(OC(F)(F)F)cc2)c1. The fourth-order valence-corrected chi connectivity index (χ4v) is 5.18. The minimum absolute atomic E-state index is 0.287. The number of imidazole rings is 1. The number of benzene rings is 4. The molecule has 1 heterocycles. The largest absolute Gasteiger partial charge is 0.573 e. The van der Waals surface area contributed by atoms with E-state index < -0.39 is 6.36 Å². The lowest BCUT2D eigenvalue weighted by Gasteiger charge is -2.12. The van der Waals surface area contributed by atoms with Gasteiger partial charge in [0.05, 0.1) is 28.9 Å². The number of para-hydroxylation sites is 1. The van der Waals surface area contributed by atoms with E-state index in [-0.39, 0.29) is 11.8 Å². The van der Waals surface area contributed by atoms with Crippen molar-refractivity contribution in [1.82, 2.24) is 14.3 Å². The molecule has 0 fully saturated rings. The van der Waals surface area contributed by atoms with Crippen molar-refractivity contribution in [2.24, 2.45) is 4.40 Å². The van der Waals surface area contributed by atoms with Crippen molar-refractivity contribution in [3.8, 4) is 11.4 Å². The number of nitrogens with one attached hydrogen (secondary N) is 2. The van der Waals surface area contributed by atoms with Gasteiger partial charge in [-0.15, -0.1) is 24.9 Å². The maximum Gasteiger partial charge on any atom is 0.573 e. The van der Waals surface area contributed by atoms with Gasteiger partial charge in [-0.05, 0) is 72.2 Å². The molecule has 2 amide bonds. The van der Waals surface area contributed by atoms with E-state index in [4.69, 9.17) is 0 Å². The molecule has 2 N–H and O–H groups in total. The third kappa shape index (κ3) is 6.18. The van der Waals surface area contributed by atoms with E-state index in [0.717, 1.165) is 55.6 Å². The van der Waals surface area contributed by atoms with Crippen LogP contribution in [0.1, 0.15) is 11.1 Å². The summed E-state index contributed by atoms with van der Waals surface area (Å²) in [7, 11) is 0. The summed E-state index contributed by atoms with van der Waals surface area (Å²) in [4.78, 5) is 17.9. The Kier molecular flexibility index (Phi) is 7.90. The van der Waals surface area contributed by atoms with Crippen LogP contribution in [-0.4, -0.2) is 34.4 Å². The second-order valence-corrected chi connectivity index (χ2v) is 10.0. The van der Waals surface area contributed by atoms with E-state index in [1.54, 1.807) is 41.0 Å². The fourth-order valence-electron chi connectivity index (χ4n) is 4.19. The topological polar surface area (TPSA) is 80.5 Å². The summed E-state index contributed by atoms with van der Waals surface area (Å²) in [6.45, 7) is 1.94. The number of thioether (sulfide) groups is 1. The molecule has 4 aromatic carbocycles. The maximum absolute atomic E-state index is 12.5. The van der Waals surface area contributed by atoms with Crippen molar-refractivity contribution < 1.29 is 22.7 Å². The maximum atomic E-state index is 12.5. The van der Waals surface area contributed by atoms with Crippen LogP contribution in [0.4, 0.5) is 23.7 Å². The van der Waals surface area contributed by atoms with E-state index in [0.29, 0.717) is 5.69 Å². The van der Waals surface area contributed by atoms with E-state index in [2.05, 4.69) is 24.2 Å². The van der Waals surface area contributed by atoms with Crippen molar-refractivity contribution >= 4 is 63.6 Å². The molecular weight excluding hydrogens is 559 g/mol. The first-order chi connectivity index (χ1) is 19.2. The third-order valence-electron chi connectivity index (χ3n) is 5.99. The van der Waals surface area contributed by atoms with Crippen LogP contribution in [0.15, 0.2) is 88.4 Å². The molecule has 204 valence electrons. The highest BCUT2D eigenvalue weighted by Crippen LogP contribution is 2.30. The number of ether oxygens (including phenoxy) is 1. The molecule has 0 unspecified atom stereocenters. The third-order valence-corrected chi connectivity index (χ3v) is 7.26. The number of carbonyl (C=O) groups excluding carboxylic acids is 1. The van der Waals surface area contributed by atoms with Gasteiger partial charge in [0.1, 0.15) is 12.1 Å². The van der Waals surface area contributed by atoms with E-state index in [9.17, 15) is 18.0 Å². The van der Waals surface area contributed by atoms with Crippen LogP contribution < -0.4 is 14.8 Å². The molecule has 5 aromatic rings. The van der Waals surface area contributed by atoms with Gasteiger partial charge in [0.2, 0.25) is 0 Å². The first kappa shape index (κ1) is 27.4. The monoisotopic (exact) mass is 581 g/mol. The van der Waals surface area contributed by atoms with Crippen LogP contribution in [0.3, 0.4) is 0 Å². The number of carbonyl (C=O) groups is 1. The average Bonchev–Trinajstić information content (AvgIpc) is 3.36. The molecule has 0 radical (unpaired) electrons. The van der Waals surface area contributed by atoms with E-state index in [1.165, 1.54) is 12.1 Å². The second-order valence-electron chi connectivity index (χ2n) is 8.60. The number of anilines is 1. The van der Waals surface area contributed by atoms with E-state index in [1.807, 2.05) is 61.7 Å². The molecule has 5 rings (SSSR count). The normalized spacial score (nSPS) is 11.8. The number of rotatable bonds is 7. The van der Waals surface area contributed by atoms with E-state index >= 15 is 0 Å². The van der Waals surface area contributed by atoms with Gasteiger partial charge in [0, 0.05) is 22.2 Å². The Morgan fingerprint density at radius 2 is 1.88 bits per heavy atom. The highest BCUT2D eigenvalue weighted by Gasteiger charge is 2.31. The number of halogens is 3. The summed E-state index contributed by atoms with van der Waals surface area (Å²) in [5.41, 5.74) is 4.80. The van der Waals surface area contributed by atoms with Gasteiger partial charge in [-0.2, -0.15) is 0 Å². The lowest BCUT2D eigenvalue weighted by atomic mass is 10.1. The zero-order valence-corrected chi connectivity index (χ0v) is 22.8. The molecule has 0 aliphatic rings. The first-order valence-corrected chi connectivity index (χ1v) is 13.9. The molecule has 0 saturated heterocycles. The molecule has 1 aromatic heterocycles. The smallest absolute Gasteiger partial charge is 0.406 e. The Morgan fingerprint density at radius 1 is 1.07 bits per heavy atom. The highest BCUT2D eigenvalue weighted by atomic mass is 32.2. The minimum atomic E-state index is -4.74. The second kappa shape index (κ2) is 11.5. The van der Waals surface area contributed by atoms with Crippen LogP contribution in [0.25, 0.3) is 27.5 Å². The Morgan fingerprint density at radius 3 is 2.62 bits per heavy atom. The van der Waals surface area contributed by atoms with Gasteiger partial charge in [-0.25, -0.2) is 14.2 Å². The number of nitrogens with zero attached hydrogens (tertiary/aromatic N) is 3. The van der Waals surface area contributed by atoms with Crippen LogP contribution in [0, 0.1) is 6.92 Å². The van der Waals surface area contributed by atoms with Crippen molar-refractivity contribution in [3.05, 3.63) is 90.3 Å². The highest BCUT2D eigenvalue weighted by molar-refractivity contribution is 7.98. The number of aromatic nitrogens is 2. The van der Waals surface area contributed by atoms with Crippen molar-refractivity contribution in [2.45, 2.75) is 18.2 Å². The molecule has 0 atom stereocenters. The van der Waals surface area contributed by atoms with Crippen molar-refractivity contribution in [3.63, 3.8) is 0 Å². The predicted octanol–water partition coefficient (Wildman–Crippen LogP) is 7.91. The number of hydrogen-bond donors (Lipinski definition) is 2. The number of hydrogen-bond acceptors (Lipinski definition) is 6. The molecule has 0 spiro atoms. The van der Waals surface area contributed by atoms with Crippen molar-refractivity contribution in [2.75, 3.05) is 11.6 Å². The quantitative estimate of drug-likeness (QED) is 0.116. The lowest BCUT2D eigenvalue weighted by Crippen LogP contribution is -2.23. The minimum Gasteiger partial charge on any atom is -0.406 e. The Labute approximate surface area is 236 Å². The molecule has 0 bridgehead atoms. The van der Waals surface area contributed by atoms with Crippen LogP contribution in [-0.2, 0) is 0 Å². The molecule has 0 saturated carbocycles. The van der Waals surface area contributed by atoms with Gasteiger partial charge in [0.15, 0.2) is 0 Å². The van der Waals surface area contributed by atoms with Gasteiger partial charge < -0.3 is 10.1 Å². The number of alkyl halides is 3. The number of aryl methyl sites for hydroxylation is 1. The van der Waals surface area contributed by atoms with Crippen molar-refractivity contribution in [1.29, 1.82) is 0 Å². The van der Waals surface area contributed by atoms with Crippen LogP contribution in [0.2, 0.25) is 0 Å². The van der Waals surface area contributed by atoms with Gasteiger partial charge in [-0.1, -0.05) is 30.3 Å². The summed E-state index contributed by atoms with van der Waals surface area (Å²) in [6.07, 6.45) is 0.496. The summed E-state index contributed by atoms with van der Waals surface area (Å²) >= 11 is 2.48. The summed E-state index contributed by atoms with van der Waals surface area (Å²) in [5, 5.41) is 4.72. The number of amides is 2. The molecule has 40 heavy (non-hydrogen) atoms. The van der Waals surface area contributed by atoms with Gasteiger partial charge in [0.25, 0.3) is 0 Å². The summed E-state index contributed by atoms with van der Waals surface area (Å²) < 4.78 is 50.0. The molecule has 7 nitrogen and oxygen atoms in total. The fraction of sp³-hybridized carbons (Fsp3) is 0.107. The Bertz CT molecular complexity index is 1720. The predicted molar refractivity (Wildman–Crippen MR) is 156 cm³/mol. The summed E-state index contributed by atoms with van der Waals surface area (Å²) in [6, 6.07) is 20.7. The Balaban J connectivity index is 1.26. The average molecular weight is 582 g/mol. The van der Waals surface area contributed by atoms with Gasteiger partial charge in [-0.3, -0.25) is 9.29 Å². The summed E-state index contributed by atoms with van der Waals surface area (Å²) in [5.74, 6) is -0.287. The zero-order chi connectivity index (χ0) is 28.3. The lowest BCUT2D eigenvalue weighted by molar-refractivity contribution is -0.274. The molecule has 0 aliphatic carbocycles. The zero-order valence-electron chi connectivity index (χ0n) is 21.2. The number of fused-ring (bicyclic) bond motifs is 3. The molecule has 0 aliphatic heterocycles. The van der Waals surface area contributed by atoms with Crippen LogP contribution in [0.5, 0.6) is 5.75 Å². The Hall–Kier alpha value is -4.16. The van der Waals surface area contributed by atoms with Gasteiger partial charge >= 0.3 is 12.4 Å². The standard InChI is InChI=1S/C28H22F3N5O2S2/c1-17-4-3-5-24(39-2)25(17)34-27(37)35-40-33-15-18-6-12-22-19(14-18)7-13-23-26(22)32-16-36(23)20-8-10-21(11-9-20)38-28(29,30)31/h3-16H,1-2H3,(H2,34,35,37)/b33-15+. The number of urea groups is 1. The first-order valence-electron chi connectivity index (χ1n) is 11.9.